The quantitative estimate of drug-likeness (QED) is 0.439. The number of aromatic nitrogens is 2. The summed E-state index contributed by atoms with van der Waals surface area (Å²) in [7, 11) is 0. The van der Waals surface area contributed by atoms with Gasteiger partial charge < -0.3 is 0 Å². The van der Waals surface area contributed by atoms with Crippen LogP contribution in [0.25, 0.3) is 10.8 Å². The molecule has 0 aliphatic rings. The number of benzene rings is 2. The number of nitro groups is 1. The second-order valence-electron chi connectivity index (χ2n) is 5.41. The highest BCUT2D eigenvalue weighted by atomic mass is 16.6. The van der Waals surface area contributed by atoms with Crippen molar-refractivity contribution in [2.75, 3.05) is 0 Å². The fourth-order valence-corrected chi connectivity index (χ4v) is 2.46. The minimum atomic E-state index is -0.565. The molecule has 0 radical (unpaired) electrons. The van der Waals surface area contributed by atoms with Crippen molar-refractivity contribution < 1.29 is 9.72 Å². The van der Waals surface area contributed by atoms with Gasteiger partial charge in [-0.3, -0.25) is 19.6 Å². The van der Waals surface area contributed by atoms with Crippen molar-refractivity contribution in [1.82, 2.24) is 15.2 Å². The van der Waals surface area contributed by atoms with Crippen LogP contribution in [0.5, 0.6) is 0 Å². The Balaban J connectivity index is 1.71. The van der Waals surface area contributed by atoms with Crippen LogP contribution in [0, 0.1) is 10.1 Å². The molecule has 0 aliphatic heterocycles. The maximum absolute atomic E-state index is 11.9. The van der Waals surface area contributed by atoms with Gasteiger partial charge >= 0.3 is 5.69 Å². The van der Waals surface area contributed by atoms with Gasteiger partial charge in [-0.1, -0.05) is 42.5 Å². The lowest BCUT2D eigenvalue weighted by atomic mass is 10.0. The zero-order chi connectivity index (χ0) is 17.8. The number of carbonyl (C=O) groups is 1. The topological polar surface area (TPSA) is 102 Å². The summed E-state index contributed by atoms with van der Waals surface area (Å²) in [6.45, 7) is 1.65. The van der Waals surface area contributed by atoms with E-state index in [2.05, 4.69) is 15.6 Å². The number of amides is 1. The lowest BCUT2D eigenvalue weighted by molar-refractivity contribution is -0.385. The zero-order valence-corrected chi connectivity index (χ0v) is 13.4. The van der Waals surface area contributed by atoms with Gasteiger partial charge in [-0.2, -0.15) is 10.2 Å². The van der Waals surface area contributed by atoms with Crippen molar-refractivity contribution in [3.63, 3.8) is 0 Å². The molecule has 0 bridgehead atoms. The van der Waals surface area contributed by atoms with Crippen molar-refractivity contribution in [1.29, 1.82) is 0 Å². The monoisotopic (exact) mass is 337 g/mol. The van der Waals surface area contributed by atoms with Gasteiger partial charge in [-0.25, -0.2) is 5.43 Å². The fraction of sp³-hybridized carbons (Fsp3) is 0.118. The number of hydrazone groups is 1. The molecular formula is C17H15N5O3. The van der Waals surface area contributed by atoms with Crippen LogP contribution in [0.1, 0.15) is 12.5 Å². The van der Waals surface area contributed by atoms with Crippen molar-refractivity contribution in [3.8, 4) is 0 Å². The lowest BCUT2D eigenvalue weighted by Crippen LogP contribution is -2.24. The van der Waals surface area contributed by atoms with Crippen molar-refractivity contribution in [2.24, 2.45) is 5.10 Å². The molecule has 8 nitrogen and oxygen atoms in total. The van der Waals surface area contributed by atoms with E-state index in [4.69, 9.17) is 0 Å². The van der Waals surface area contributed by atoms with E-state index < -0.39 is 10.8 Å². The van der Waals surface area contributed by atoms with E-state index in [-0.39, 0.29) is 12.2 Å². The minimum absolute atomic E-state index is 0.153. The highest BCUT2D eigenvalue weighted by molar-refractivity contribution is 6.09. The standard InChI is InChI=1S/C17H15N5O3/c1-12(15-8-4-6-13-5-2-3-7-16(13)15)19-20-17(23)11-21-10-14(9-18-21)22(24)25/h2-10H,11H2,1H3,(H,20,23). The summed E-state index contributed by atoms with van der Waals surface area (Å²) in [5, 5.41) is 20.6. The number of rotatable bonds is 5. The van der Waals surface area contributed by atoms with Gasteiger partial charge in [0.1, 0.15) is 18.9 Å². The second kappa shape index (κ2) is 6.91. The molecule has 1 heterocycles. The number of fused-ring (bicyclic) bond motifs is 1. The molecule has 0 atom stereocenters. The number of hydrogen-bond donors (Lipinski definition) is 1. The predicted molar refractivity (Wildman–Crippen MR) is 93.2 cm³/mol. The maximum Gasteiger partial charge on any atom is 0.307 e. The molecule has 0 aliphatic carbocycles. The SMILES string of the molecule is CC(=NNC(=O)Cn1cc([N+](=O)[O-])cn1)c1cccc2ccccc12. The summed E-state index contributed by atoms with van der Waals surface area (Å²) in [4.78, 5) is 22.0. The Labute approximate surface area is 142 Å². The van der Waals surface area contributed by atoms with Crippen LogP contribution < -0.4 is 5.43 Å². The second-order valence-corrected chi connectivity index (χ2v) is 5.41. The van der Waals surface area contributed by atoms with Crippen molar-refractivity contribution in [3.05, 3.63) is 70.5 Å². The molecular weight excluding hydrogens is 322 g/mol. The number of carbonyl (C=O) groups excluding carboxylic acids is 1. The average Bonchev–Trinajstić information content (AvgIpc) is 3.08. The zero-order valence-electron chi connectivity index (χ0n) is 13.4. The van der Waals surface area contributed by atoms with Crippen molar-refractivity contribution >= 4 is 28.1 Å². The molecule has 3 aromatic rings. The fourth-order valence-electron chi connectivity index (χ4n) is 2.46. The number of hydrogen-bond acceptors (Lipinski definition) is 5. The average molecular weight is 337 g/mol. The smallest absolute Gasteiger partial charge is 0.271 e. The summed E-state index contributed by atoms with van der Waals surface area (Å²) in [6, 6.07) is 13.8. The molecule has 0 fully saturated rings. The Bertz CT molecular complexity index is 972. The number of nitrogens with zero attached hydrogens (tertiary/aromatic N) is 4. The molecule has 2 aromatic carbocycles. The first-order valence-corrected chi connectivity index (χ1v) is 7.52. The maximum atomic E-state index is 11.9. The van der Waals surface area contributed by atoms with Crippen LogP contribution in [0.3, 0.4) is 0 Å². The Morgan fingerprint density at radius 1 is 1.28 bits per heavy atom. The lowest BCUT2D eigenvalue weighted by Gasteiger charge is -2.07. The Hall–Kier alpha value is -3.55. The normalized spacial score (nSPS) is 11.5. The first-order valence-electron chi connectivity index (χ1n) is 7.52. The van der Waals surface area contributed by atoms with Crippen LogP contribution in [0.15, 0.2) is 60.0 Å². The molecule has 1 N–H and O–H groups in total. The molecule has 126 valence electrons. The summed E-state index contributed by atoms with van der Waals surface area (Å²) in [5.41, 5.74) is 3.87. The van der Waals surface area contributed by atoms with E-state index in [0.717, 1.165) is 22.5 Å². The van der Waals surface area contributed by atoms with Gasteiger partial charge in [0, 0.05) is 5.56 Å². The molecule has 0 saturated carbocycles. The minimum Gasteiger partial charge on any atom is -0.271 e. The predicted octanol–water partition coefficient (Wildman–Crippen LogP) is 2.48. The van der Waals surface area contributed by atoms with E-state index in [1.165, 1.54) is 10.9 Å². The van der Waals surface area contributed by atoms with Crippen LogP contribution in [-0.2, 0) is 11.3 Å². The van der Waals surface area contributed by atoms with Gasteiger partial charge in [0.15, 0.2) is 0 Å². The Morgan fingerprint density at radius 2 is 2.04 bits per heavy atom. The van der Waals surface area contributed by atoms with Gasteiger partial charge in [0.05, 0.1) is 10.6 Å². The van der Waals surface area contributed by atoms with E-state index in [1.807, 2.05) is 42.5 Å². The first-order chi connectivity index (χ1) is 12.0. The summed E-state index contributed by atoms with van der Waals surface area (Å²) < 4.78 is 1.19. The van der Waals surface area contributed by atoms with Crippen LogP contribution in [0.4, 0.5) is 5.69 Å². The van der Waals surface area contributed by atoms with Gasteiger partial charge in [-0.15, -0.1) is 0 Å². The molecule has 1 amide bonds. The van der Waals surface area contributed by atoms with E-state index in [0.29, 0.717) is 5.71 Å². The third-order valence-corrected chi connectivity index (χ3v) is 3.66. The summed E-state index contributed by atoms with van der Waals surface area (Å²) >= 11 is 0. The van der Waals surface area contributed by atoms with Crippen LogP contribution in [0.2, 0.25) is 0 Å². The van der Waals surface area contributed by atoms with Gasteiger partial charge in [-0.05, 0) is 17.7 Å². The van der Waals surface area contributed by atoms with Crippen molar-refractivity contribution in [2.45, 2.75) is 13.5 Å². The molecule has 1 aromatic heterocycles. The highest BCUT2D eigenvalue weighted by Crippen LogP contribution is 2.19. The van der Waals surface area contributed by atoms with Gasteiger partial charge in [0.25, 0.3) is 5.91 Å². The van der Waals surface area contributed by atoms with E-state index in [9.17, 15) is 14.9 Å². The number of nitrogens with one attached hydrogen (secondary N) is 1. The highest BCUT2D eigenvalue weighted by Gasteiger charge is 2.11. The molecule has 25 heavy (non-hydrogen) atoms. The third-order valence-electron chi connectivity index (χ3n) is 3.66. The Kier molecular flexibility index (Phi) is 4.51. The Morgan fingerprint density at radius 3 is 2.80 bits per heavy atom. The molecule has 0 saturated heterocycles. The van der Waals surface area contributed by atoms with E-state index >= 15 is 0 Å². The molecule has 0 unspecified atom stereocenters. The summed E-state index contributed by atoms with van der Waals surface area (Å²) in [6.07, 6.45) is 2.29. The third kappa shape index (κ3) is 3.69. The van der Waals surface area contributed by atoms with Crippen LogP contribution >= 0.6 is 0 Å². The van der Waals surface area contributed by atoms with Gasteiger partial charge in [0.2, 0.25) is 0 Å². The molecule has 8 heteroatoms. The molecule has 3 rings (SSSR count). The molecule has 0 spiro atoms. The van der Waals surface area contributed by atoms with Crippen LogP contribution in [-0.4, -0.2) is 26.3 Å². The van der Waals surface area contributed by atoms with E-state index in [1.54, 1.807) is 6.92 Å². The first kappa shape index (κ1) is 16.3. The summed E-state index contributed by atoms with van der Waals surface area (Å²) in [5.74, 6) is -0.419. The largest absolute Gasteiger partial charge is 0.307 e.